The zero-order valence-corrected chi connectivity index (χ0v) is 22.1. The first-order chi connectivity index (χ1) is 20.4. The maximum absolute atomic E-state index is 14.7. The lowest BCUT2D eigenvalue weighted by Crippen LogP contribution is -2.50. The Labute approximate surface area is 240 Å². The van der Waals surface area contributed by atoms with Crippen molar-refractivity contribution in [1.82, 2.24) is 0 Å². The molecule has 4 atom stereocenters. The highest BCUT2D eigenvalue weighted by Gasteiger charge is 2.65. The second-order valence-corrected chi connectivity index (χ2v) is 10.4. The summed E-state index contributed by atoms with van der Waals surface area (Å²) in [5.41, 5.74) is 2.35. The number of rotatable bonds is 5. The molecule has 0 radical (unpaired) electrons. The van der Waals surface area contributed by atoms with Gasteiger partial charge >= 0.3 is 5.97 Å². The molecule has 0 aliphatic carbocycles. The van der Waals surface area contributed by atoms with E-state index in [9.17, 15) is 23.6 Å². The highest BCUT2D eigenvalue weighted by Crippen LogP contribution is 2.49. The highest BCUT2D eigenvalue weighted by atomic mass is 19.1. The molecule has 7 nitrogen and oxygen atoms in total. The number of hydrogen-bond donors (Lipinski definition) is 0. The summed E-state index contributed by atoms with van der Waals surface area (Å²) < 4.78 is 20.5. The number of para-hydroxylation sites is 2. The van der Waals surface area contributed by atoms with Crippen LogP contribution in [0.4, 0.5) is 15.8 Å². The molecular weight excluding hydrogens is 535 g/mol. The standard InChI is InChI=1S/C34H23FN2O5/c35-24-11-5-7-13-26(24)37-32(39)28-27-19-16-20-8-4-6-12-25(20)36(27)30(29(28)33(37)40)34(41)42-23-17-14-22(15-18-23)31(38)21-9-2-1-3-10-21/h1-19,27-30H/t27-,28-,29-,30-/m1/s1. The van der Waals surface area contributed by atoms with Gasteiger partial charge in [0.25, 0.3) is 0 Å². The summed E-state index contributed by atoms with van der Waals surface area (Å²) in [5.74, 6) is -4.63. The Bertz CT molecular complexity index is 1790. The minimum Gasteiger partial charge on any atom is -0.425 e. The van der Waals surface area contributed by atoms with Gasteiger partial charge in [0, 0.05) is 16.8 Å². The normalized spacial score (nSPS) is 22.0. The lowest BCUT2D eigenvalue weighted by molar-refractivity contribution is -0.139. The molecule has 0 bridgehead atoms. The third-order valence-electron chi connectivity index (χ3n) is 8.12. The van der Waals surface area contributed by atoms with E-state index in [4.69, 9.17) is 4.74 Å². The fourth-order valence-corrected chi connectivity index (χ4v) is 6.26. The Balaban J connectivity index is 1.23. The molecule has 0 N–H and O–H groups in total. The summed E-state index contributed by atoms with van der Waals surface area (Å²) in [7, 11) is 0. The fourth-order valence-electron chi connectivity index (χ4n) is 6.26. The second-order valence-electron chi connectivity index (χ2n) is 10.4. The van der Waals surface area contributed by atoms with Gasteiger partial charge in [-0.3, -0.25) is 14.4 Å². The number of imide groups is 1. The van der Waals surface area contributed by atoms with Gasteiger partial charge in [0.1, 0.15) is 17.6 Å². The third kappa shape index (κ3) is 3.95. The van der Waals surface area contributed by atoms with Crippen LogP contribution >= 0.6 is 0 Å². The van der Waals surface area contributed by atoms with Crippen molar-refractivity contribution < 1.29 is 28.3 Å². The molecule has 0 aromatic heterocycles. The van der Waals surface area contributed by atoms with Gasteiger partial charge in [-0.2, -0.15) is 0 Å². The minimum absolute atomic E-state index is 0.139. The SMILES string of the molecule is O=C(c1ccccc1)c1ccc(OC(=O)[C@H]2[C@@H]3C(=O)N(c4ccccc4F)C(=O)[C@@H]3[C@H]3C=Cc4ccccc4N32)cc1. The first-order valence-corrected chi connectivity index (χ1v) is 13.5. The van der Waals surface area contributed by atoms with E-state index in [-0.39, 0.29) is 17.2 Å². The average molecular weight is 559 g/mol. The quantitative estimate of drug-likeness (QED) is 0.148. The van der Waals surface area contributed by atoms with E-state index in [0.717, 1.165) is 10.5 Å². The summed E-state index contributed by atoms with van der Waals surface area (Å²) in [6.07, 6.45) is 3.68. The minimum atomic E-state index is -1.15. The number of ether oxygens (including phenoxy) is 1. The lowest BCUT2D eigenvalue weighted by Gasteiger charge is -2.36. The number of hydrogen-bond acceptors (Lipinski definition) is 6. The lowest BCUT2D eigenvalue weighted by atomic mass is 9.89. The molecule has 0 saturated carbocycles. The van der Waals surface area contributed by atoms with Crippen molar-refractivity contribution in [1.29, 1.82) is 0 Å². The molecule has 3 aliphatic rings. The summed E-state index contributed by atoms with van der Waals surface area (Å²) in [4.78, 5) is 57.0. The summed E-state index contributed by atoms with van der Waals surface area (Å²) in [5, 5.41) is 0. The molecule has 2 saturated heterocycles. The molecule has 2 amide bonds. The Hall–Kier alpha value is -5.37. The van der Waals surface area contributed by atoms with Crippen LogP contribution in [0.25, 0.3) is 6.08 Å². The van der Waals surface area contributed by atoms with Gasteiger partial charge in [-0.05, 0) is 48.0 Å². The van der Waals surface area contributed by atoms with Crippen LogP contribution in [0.3, 0.4) is 0 Å². The summed E-state index contributed by atoms with van der Waals surface area (Å²) in [6, 6.07) is 26.3. The number of ketones is 1. The van der Waals surface area contributed by atoms with Crippen molar-refractivity contribution in [2.24, 2.45) is 11.8 Å². The highest BCUT2D eigenvalue weighted by molar-refractivity contribution is 6.24. The Kier molecular flexibility index (Phi) is 6.04. The molecule has 7 rings (SSSR count). The smallest absolute Gasteiger partial charge is 0.335 e. The summed E-state index contributed by atoms with van der Waals surface area (Å²) in [6.45, 7) is 0. The van der Waals surface area contributed by atoms with Crippen molar-refractivity contribution in [2.45, 2.75) is 12.1 Å². The molecule has 206 valence electrons. The Morgan fingerprint density at radius 2 is 1.31 bits per heavy atom. The van der Waals surface area contributed by atoms with Crippen molar-refractivity contribution in [3.8, 4) is 5.75 Å². The molecular formula is C34H23FN2O5. The van der Waals surface area contributed by atoms with E-state index in [1.54, 1.807) is 47.4 Å². The van der Waals surface area contributed by atoms with Crippen molar-refractivity contribution in [3.05, 3.63) is 132 Å². The van der Waals surface area contributed by atoms with E-state index in [2.05, 4.69) is 0 Å². The van der Waals surface area contributed by atoms with E-state index < -0.39 is 47.5 Å². The zero-order chi connectivity index (χ0) is 29.0. The first-order valence-electron chi connectivity index (χ1n) is 13.5. The number of halogens is 1. The molecule has 8 heteroatoms. The fraction of sp³-hybridized carbons (Fsp3) is 0.118. The average Bonchev–Trinajstić information content (AvgIpc) is 3.50. The number of amides is 2. The van der Waals surface area contributed by atoms with Gasteiger partial charge in [-0.1, -0.05) is 72.8 Å². The molecule has 4 aromatic carbocycles. The van der Waals surface area contributed by atoms with Gasteiger partial charge in [-0.15, -0.1) is 0 Å². The topological polar surface area (TPSA) is 84.0 Å². The van der Waals surface area contributed by atoms with Crippen molar-refractivity contribution in [3.63, 3.8) is 0 Å². The number of fused-ring (bicyclic) bond motifs is 5. The monoisotopic (exact) mass is 558 g/mol. The predicted octanol–water partition coefficient (Wildman–Crippen LogP) is 5.05. The van der Waals surface area contributed by atoms with Crippen LogP contribution in [0.5, 0.6) is 5.75 Å². The number of carbonyl (C=O) groups is 4. The second kappa shape index (κ2) is 9.92. The van der Waals surface area contributed by atoms with Crippen LogP contribution in [0.2, 0.25) is 0 Å². The molecule has 3 heterocycles. The van der Waals surface area contributed by atoms with Crippen molar-refractivity contribution >= 4 is 41.0 Å². The van der Waals surface area contributed by atoms with E-state index in [1.165, 1.54) is 30.3 Å². The van der Waals surface area contributed by atoms with Crippen LogP contribution < -0.4 is 14.5 Å². The van der Waals surface area contributed by atoms with Crippen LogP contribution in [-0.2, 0) is 14.4 Å². The predicted molar refractivity (Wildman–Crippen MR) is 153 cm³/mol. The number of anilines is 2. The Morgan fingerprint density at radius 3 is 2.05 bits per heavy atom. The van der Waals surface area contributed by atoms with Gasteiger partial charge in [0.05, 0.1) is 23.6 Å². The number of nitrogens with zero attached hydrogens (tertiary/aromatic N) is 2. The third-order valence-corrected chi connectivity index (χ3v) is 8.12. The van der Waals surface area contributed by atoms with Gasteiger partial charge in [0.15, 0.2) is 5.78 Å². The van der Waals surface area contributed by atoms with Gasteiger partial charge in [0.2, 0.25) is 11.8 Å². The molecule has 2 fully saturated rings. The van der Waals surface area contributed by atoms with Gasteiger partial charge in [-0.25, -0.2) is 14.1 Å². The van der Waals surface area contributed by atoms with Crippen LogP contribution in [0.15, 0.2) is 109 Å². The largest absolute Gasteiger partial charge is 0.425 e. The van der Waals surface area contributed by atoms with Gasteiger partial charge < -0.3 is 9.64 Å². The van der Waals surface area contributed by atoms with Crippen LogP contribution in [0, 0.1) is 17.7 Å². The van der Waals surface area contributed by atoms with E-state index in [0.29, 0.717) is 16.8 Å². The zero-order valence-electron chi connectivity index (χ0n) is 22.1. The molecule has 4 aromatic rings. The Morgan fingerprint density at radius 1 is 0.690 bits per heavy atom. The first kappa shape index (κ1) is 25.6. The van der Waals surface area contributed by atoms with Crippen LogP contribution in [0.1, 0.15) is 21.5 Å². The van der Waals surface area contributed by atoms with Crippen LogP contribution in [-0.4, -0.2) is 35.7 Å². The molecule has 0 spiro atoms. The molecule has 0 unspecified atom stereocenters. The summed E-state index contributed by atoms with van der Waals surface area (Å²) >= 11 is 0. The maximum atomic E-state index is 14.7. The van der Waals surface area contributed by atoms with E-state index >= 15 is 0 Å². The molecule has 42 heavy (non-hydrogen) atoms. The number of carbonyl (C=O) groups excluding carboxylic acids is 4. The maximum Gasteiger partial charge on any atom is 0.335 e. The van der Waals surface area contributed by atoms with Crippen molar-refractivity contribution in [2.75, 3.05) is 9.80 Å². The number of esters is 1. The molecule has 3 aliphatic heterocycles. The number of benzene rings is 4. The van der Waals surface area contributed by atoms with E-state index in [1.807, 2.05) is 42.5 Å².